The maximum atomic E-state index is 13.0. The van der Waals surface area contributed by atoms with Gasteiger partial charge in [-0.1, -0.05) is 0 Å². The van der Waals surface area contributed by atoms with Gasteiger partial charge in [-0.2, -0.15) is 5.10 Å². The van der Waals surface area contributed by atoms with Gasteiger partial charge in [-0.05, 0) is 12.1 Å². The molecule has 0 unspecified atom stereocenters. The molecule has 1 aromatic heterocycles. The van der Waals surface area contributed by atoms with Crippen LogP contribution in [0.25, 0.3) is 0 Å². The van der Waals surface area contributed by atoms with E-state index in [2.05, 4.69) is 10.4 Å². The van der Waals surface area contributed by atoms with Crippen LogP contribution in [-0.2, 0) is 13.6 Å². The lowest BCUT2D eigenvalue weighted by Crippen LogP contribution is -2.10. The Balaban J connectivity index is 2.16. The van der Waals surface area contributed by atoms with Gasteiger partial charge in [0, 0.05) is 18.8 Å². The van der Waals surface area contributed by atoms with E-state index in [0.29, 0.717) is 11.4 Å². The molecular formula is C12H11F2N3O2. The number of nitrogens with zero attached hydrogens (tertiary/aromatic N) is 2. The van der Waals surface area contributed by atoms with Gasteiger partial charge in [-0.3, -0.25) is 4.68 Å². The predicted octanol–water partition coefficient (Wildman–Crippen LogP) is 2.01. The molecule has 0 atom stereocenters. The van der Waals surface area contributed by atoms with Gasteiger partial charge < -0.3 is 10.4 Å². The summed E-state index contributed by atoms with van der Waals surface area (Å²) >= 11 is 0. The Morgan fingerprint density at radius 2 is 2.16 bits per heavy atom. The van der Waals surface area contributed by atoms with Gasteiger partial charge in [0.1, 0.15) is 5.56 Å². The topological polar surface area (TPSA) is 67.2 Å². The van der Waals surface area contributed by atoms with Gasteiger partial charge in [0.2, 0.25) is 0 Å². The molecule has 0 fully saturated rings. The van der Waals surface area contributed by atoms with Gasteiger partial charge in [0.15, 0.2) is 11.6 Å². The highest BCUT2D eigenvalue weighted by Gasteiger charge is 2.14. The number of aromatic nitrogens is 2. The first-order valence-electron chi connectivity index (χ1n) is 5.42. The van der Waals surface area contributed by atoms with Gasteiger partial charge in [0.25, 0.3) is 0 Å². The lowest BCUT2D eigenvalue weighted by atomic mass is 10.2. The molecule has 2 N–H and O–H groups in total. The smallest absolute Gasteiger partial charge is 0.339 e. The van der Waals surface area contributed by atoms with E-state index in [1.165, 1.54) is 16.9 Å². The maximum Gasteiger partial charge on any atom is 0.339 e. The highest BCUT2D eigenvalue weighted by Crippen LogP contribution is 2.15. The zero-order valence-corrected chi connectivity index (χ0v) is 10.0. The summed E-state index contributed by atoms with van der Waals surface area (Å²) in [6.07, 6.45) is 1.24. The number of carboxylic acids is 1. The third-order valence-corrected chi connectivity index (χ3v) is 2.67. The van der Waals surface area contributed by atoms with Gasteiger partial charge in [-0.25, -0.2) is 13.6 Å². The van der Waals surface area contributed by atoms with E-state index < -0.39 is 17.6 Å². The normalized spacial score (nSPS) is 10.5. The van der Waals surface area contributed by atoms with Crippen LogP contribution in [0, 0.1) is 11.6 Å². The number of aryl methyl sites for hydroxylation is 1. The summed E-state index contributed by atoms with van der Waals surface area (Å²) in [5.41, 5.74) is 0.867. The first-order chi connectivity index (χ1) is 8.99. The largest absolute Gasteiger partial charge is 0.478 e. The number of aromatic carboxylic acids is 1. The summed E-state index contributed by atoms with van der Waals surface area (Å²) in [6.45, 7) is 0.142. The third kappa shape index (κ3) is 2.70. The van der Waals surface area contributed by atoms with E-state index in [1.54, 1.807) is 7.05 Å². The number of carbonyl (C=O) groups is 1. The summed E-state index contributed by atoms with van der Waals surface area (Å²) in [5.74, 6) is -2.99. The highest BCUT2D eigenvalue weighted by atomic mass is 19.2. The van der Waals surface area contributed by atoms with Gasteiger partial charge in [0.05, 0.1) is 18.4 Å². The van der Waals surface area contributed by atoms with E-state index in [-0.39, 0.29) is 12.1 Å². The highest BCUT2D eigenvalue weighted by molar-refractivity contribution is 5.88. The molecule has 7 heteroatoms. The first-order valence-corrected chi connectivity index (χ1v) is 5.42. The van der Waals surface area contributed by atoms with Crippen LogP contribution >= 0.6 is 0 Å². The molecule has 19 heavy (non-hydrogen) atoms. The van der Waals surface area contributed by atoms with Crippen molar-refractivity contribution in [1.29, 1.82) is 0 Å². The minimum absolute atomic E-state index is 0.0672. The average molecular weight is 267 g/mol. The van der Waals surface area contributed by atoms with Crippen molar-refractivity contribution < 1.29 is 18.7 Å². The second-order valence-corrected chi connectivity index (χ2v) is 3.92. The van der Waals surface area contributed by atoms with E-state index in [0.717, 1.165) is 12.1 Å². The molecule has 0 saturated heterocycles. The van der Waals surface area contributed by atoms with E-state index in [9.17, 15) is 13.6 Å². The van der Waals surface area contributed by atoms with Crippen molar-refractivity contribution in [2.24, 2.45) is 7.05 Å². The zero-order valence-electron chi connectivity index (χ0n) is 10.0. The van der Waals surface area contributed by atoms with Crippen molar-refractivity contribution in [3.05, 3.63) is 47.3 Å². The Bertz CT molecular complexity index is 625. The van der Waals surface area contributed by atoms with E-state index >= 15 is 0 Å². The van der Waals surface area contributed by atoms with Crippen molar-refractivity contribution in [3.63, 3.8) is 0 Å². The molecule has 100 valence electrons. The van der Waals surface area contributed by atoms with Crippen LogP contribution in [0.5, 0.6) is 0 Å². The average Bonchev–Trinajstić information content (AvgIpc) is 2.72. The number of benzene rings is 1. The van der Waals surface area contributed by atoms with Crippen LogP contribution in [-0.4, -0.2) is 20.9 Å². The molecule has 0 saturated carbocycles. The Morgan fingerprint density at radius 1 is 1.42 bits per heavy atom. The number of carboxylic acid groups (broad SMARTS) is 1. The lowest BCUT2D eigenvalue weighted by molar-refractivity contribution is 0.0695. The Kier molecular flexibility index (Phi) is 3.46. The summed E-state index contributed by atoms with van der Waals surface area (Å²) in [4.78, 5) is 11.0. The second kappa shape index (κ2) is 5.05. The van der Waals surface area contributed by atoms with Gasteiger partial charge >= 0.3 is 5.97 Å². The zero-order chi connectivity index (χ0) is 14.0. The molecule has 0 amide bonds. The molecule has 0 aliphatic rings. The predicted molar refractivity (Wildman–Crippen MR) is 63.9 cm³/mol. The summed E-state index contributed by atoms with van der Waals surface area (Å²) in [7, 11) is 1.61. The molecule has 2 aromatic rings. The minimum atomic E-state index is -1.09. The molecule has 0 bridgehead atoms. The van der Waals surface area contributed by atoms with Gasteiger partial charge in [-0.15, -0.1) is 0 Å². The Hall–Kier alpha value is -2.44. The SMILES string of the molecule is Cn1ncc(C(=O)O)c1CNc1ccc(F)c(F)c1. The van der Waals surface area contributed by atoms with Crippen molar-refractivity contribution in [3.8, 4) is 0 Å². The number of halogens is 2. The van der Waals surface area contributed by atoms with E-state index in [4.69, 9.17) is 5.11 Å². The lowest BCUT2D eigenvalue weighted by Gasteiger charge is -2.08. The Labute approximate surface area is 107 Å². The van der Waals surface area contributed by atoms with Crippen molar-refractivity contribution >= 4 is 11.7 Å². The van der Waals surface area contributed by atoms with Crippen molar-refractivity contribution in [2.45, 2.75) is 6.54 Å². The second-order valence-electron chi connectivity index (χ2n) is 3.92. The quantitative estimate of drug-likeness (QED) is 0.889. The van der Waals surface area contributed by atoms with Crippen LogP contribution in [0.4, 0.5) is 14.5 Å². The molecular weight excluding hydrogens is 256 g/mol. The number of anilines is 1. The van der Waals surface area contributed by atoms with Crippen LogP contribution in [0.3, 0.4) is 0 Å². The Morgan fingerprint density at radius 3 is 2.79 bits per heavy atom. The number of nitrogens with one attached hydrogen (secondary N) is 1. The van der Waals surface area contributed by atoms with Crippen molar-refractivity contribution in [2.75, 3.05) is 5.32 Å². The first kappa shape index (κ1) is 13.0. The fourth-order valence-electron chi connectivity index (χ4n) is 1.64. The van der Waals surface area contributed by atoms with Crippen LogP contribution in [0.1, 0.15) is 16.1 Å². The van der Waals surface area contributed by atoms with Crippen LogP contribution in [0.2, 0.25) is 0 Å². The maximum absolute atomic E-state index is 13.0. The molecule has 0 radical (unpaired) electrons. The number of rotatable bonds is 4. The molecule has 0 aliphatic heterocycles. The number of hydrogen-bond donors (Lipinski definition) is 2. The van der Waals surface area contributed by atoms with Crippen LogP contribution in [0.15, 0.2) is 24.4 Å². The monoisotopic (exact) mass is 267 g/mol. The molecule has 5 nitrogen and oxygen atoms in total. The van der Waals surface area contributed by atoms with Crippen molar-refractivity contribution in [1.82, 2.24) is 9.78 Å². The van der Waals surface area contributed by atoms with Crippen LogP contribution < -0.4 is 5.32 Å². The van der Waals surface area contributed by atoms with E-state index in [1.807, 2.05) is 0 Å². The molecule has 2 rings (SSSR count). The summed E-state index contributed by atoms with van der Waals surface area (Å²) < 4.78 is 27.2. The fourth-order valence-corrected chi connectivity index (χ4v) is 1.64. The molecule has 0 spiro atoms. The fraction of sp³-hybridized carbons (Fsp3) is 0.167. The molecule has 1 heterocycles. The molecule has 1 aromatic carbocycles. The standard InChI is InChI=1S/C12H11F2N3O2/c1-17-11(8(5-16-17)12(18)19)6-15-7-2-3-9(13)10(14)4-7/h2-5,15H,6H2,1H3,(H,18,19). The third-order valence-electron chi connectivity index (χ3n) is 2.67. The minimum Gasteiger partial charge on any atom is -0.478 e. The number of hydrogen-bond acceptors (Lipinski definition) is 3. The summed E-state index contributed by atoms with van der Waals surface area (Å²) in [6, 6.07) is 3.38. The summed E-state index contributed by atoms with van der Waals surface area (Å²) in [5, 5.41) is 15.6. The molecule has 0 aliphatic carbocycles.